The fourth-order valence-electron chi connectivity index (χ4n) is 1.62. The van der Waals surface area contributed by atoms with E-state index in [1.807, 2.05) is 0 Å². The number of aliphatic carboxylic acids is 1. The molecule has 1 aromatic rings. The molecule has 16 heavy (non-hydrogen) atoms. The fourth-order valence-corrected chi connectivity index (χ4v) is 1.62. The number of rotatable bonds is 5. The summed E-state index contributed by atoms with van der Waals surface area (Å²) < 4.78 is 1.54. The van der Waals surface area contributed by atoms with Gasteiger partial charge in [0.2, 0.25) is 5.78 Å². The molecule has 0 aliphatic heterocycles. The number of carbonyl (C=O) groups is 2. The molecule has 0 amide bonds. The maximum Gasteiger partial charge on any atom is 0.251 e. The number of ketones is 1. The minimum absolute atomic E-state index is 0.111. The zero-order valence-electron chi connectivity index (χ0n) is 8.97. The highest BCUT2D eigenvalue weighted by Crippen LogP contribution is 2.05. The summed E-state index contributed by atoms with van der Waals surface area (Å²) >= 11 is 0. The molecule has 0 aliphatic carbocycles. The molecule has 0 atom stereocenters. The number of carbonyl (C=O) groups excluding carboxylic acids is 2. The van der Waals surface area contributed by atoms with Crippen molar-refractivity contribution in [2.75, 3.05) is 6.61 Å². The Morgan fingerprint density at radius 2 is 2.19 bits per heavy atom. The van der Waals surface area contributed by atoms with Crippen LogP contribution in [0.1, 0.15) is 23.0 Å². The van der Waals surface area contributed by atoms with Crippen LogP contribution >= 0.6 is 0 Å². The molecule has 0 radical (unpaired) electrons. The lowest BCUT2D eigenvalue weighted by atomic mass is 10.1. The molecule has 0 saturated carbocycles. The molecular formula is C11H13NO4. The molecule has 1 heterocycles. The summed E-state index contributed by atoms with van der Waals surface area (Å²) in [4.78, 5) is 22.0. The smallest absolute Gasteiger partial charge is 0.251 e. The minimum Gasteiger partial charge on any atom is -0.550 e. The van der Waals surface area contributed by atoms with E-state index in [0.717, 1.165) is 0 Å². The van der Waals surface area contributed by atoms with Gasteiger partial charge in [-0.05, 0) is 6.07 Å². The topological polar surface area (TPSA) is 81.3 Å². The van der Waals surface area contributed by atoms with Crippen LogP contribution in [0.4, 0.5) is 0 Å². The van der Waals surface area contributed by atoms with Gasteiger partial charge in [-0.2, -0.15) is 4.57 Å². The van der Waals surface area contributed by atoms with Gasteiger partial charge >= 0.3 is 0 Å². The normalized spacial score (nSPS) is 10.1. The molecule has 86 valence electrons. The van der Waals surface area contributed by atoms with E-state index in [0.29, 0.717) is 11.3 Å². The van der Waals surface area contributed by atoms with E-state index in [9.17, 15) is 14.7 Å². The average Bonchev–Trinajstić information content (AvgIpc) is 2.16. The van der Waals surface area contributed by atoms with Gasteiger partial charge in [0, 0.05) is 30.9 Å². The summed E-state index contributed by atoms with van der Waals surface area (Å²) in [5.41, 5.74) is 0.712. The second-order valence-electron chi connectivity index (χ2n) is 3.40. The highest BCUT2D eigenvalue weighted by molar-refractivity contribution is 5.93. The molecule has 0 bridgehead atoms. The minimum atomic E-state index is -1.23. The third-order valence-corrected chi connectivity index (χ3v) is 2.16. The third kappa shape index (κ3) is 2.87. The second-order valence-corrected chi connectivity index (χ2v) is 3.40. The van der Waals surface area contributed by atoms with Crippen LogP contribution in [-0.4, -0.2) is 23.5 Å². The molecule has 5 heteroatoms. The van der Waals surface area contributed by atoms with Crippen molar-refractivity contribution in [2.45, 2.75) is 19.9 Å². The van der Waals surface area contributed by atoms with E-state index in [4.69, 9.17) is 5.11 Å². The van der Waals surface area contributed by atoms with Gasteiger partial charge in [-0.1, -0.05) is 0 Å². The Kier molecular flexibility index (Phi) is 4.13. The quantitative estimate of drug-likeness (QED) is 0.484. The Morgan fingerprint density at radius 1 is 1.50 bits per heavy atom. The Hall–Kier alpha value is -1.75. The Bertz CT molecular complexity index is 414. The lowest BCUT2D eigenvalue weighted by Gasteiger charge is -2.06. The lowest BCUT2D eigenvalue weighted by molar-refractivity contribution is -0.700. The van der Waals surface area contributed by atoms with Gasteiger partial charge < -0.3 is 15.0 Å². The van der Waals surface area contributed by atoms with Crippen molar-refractivity contribution >= 4 is 11.8 Å². The monoisotopic (exact) mass is 223 g/mol. The van der Waals surface area contributed by atoms with Crippen LogP contribution in [0.15, 0.2) is 18.3 Å². The summed E-state index contributed by atoms with van der Waals surface area (Å²) in [5.74, 6) is -1.46. The van der Waals surface area contributed by atoms with E-state index in [-0.39, 0.29) is 25.4 Å². The first-order valence-corrected chi connectivity index (χ1v) is 4.89. The van der Waals surface area contributed by atoms with Crippen molar-refractivity contribution in [2.24, 2.45) is 0 Å². The largest absolute Gasteiger partial charge is 0.550 e. The number of carboxylic acids is 1. The number of hydrogen-bond donors (Lipinski definition) is 1. The van der Waals surface area contributed by atoms with E-state index < -0.39 is 5.97 Å². The Morgan fingerprint density at radius 3 is 2.69 bits per heavy atom. The van der Waals surface area contributed by atoms with Crippen molar-refractivity contribution in [3.63, 3.8) is 0 Å². The van der Waals surface area contributed by atoms with Crippen LogP contribution in [0.5, 0.6) is 0 Å². The highest BCUT2D eigenvalue weighted by Gasteiger charge is 2.19. The predicted molar refractivity (Wildman–Crippen MR) is 52.4 cm³/mol. The maximum atomic E-state index is 11.4. The van der Waals surface area contributed by atoms with Gasteiger partial charge in [0.05, 0.1) is 0 Å². The van der Waals surface area contributed by atoms with Crippen molar-refractivity contribution < 1.29 is 24.4 Å². The average molecular weight is 223 g/mol. The van der Waals surface area contributed by atoms with Gasteiger partial charge in [-0.25, -0.2) is 0 Å². The molecule has 1 rings (SSSR count). The van der Waals surface area contributed by atoms with E-state index >= 15 is 0 Å². The molecule has 1 aromatic heterocycles. The first-order chi connectivity index (χ1) is 7.56. The zero-order chi connectivity index (χ0) is 12.1. The standard InChI is InChI=1S/C11H13NO4/c1-8(14)11-9(7-10(15)16)3-2-4-12(11)5-6-13/h2-4,13H,5-7H2,1H3. The number of aliphatic hydroxyl groups is 1. The van der Waals surface area contributed by atoms with Gasteiger partial charge in [0.15, 0.2) is 12.7 Å². The molecule has 5 nitrogen and oxygen atoms in total. The molecule has 0 spiro atoms. The molecule has 0 aliphatic rings. The molecular weight excluding hydrogens is 210 g/mol. The number of aromatic nitrogens is 1. The van der Waals surface area contributed by atoms with E-state index in [1.165, 1.54) is 6.92 Å². The van der Waals surface area contributed by atoms with Crippen LogP contribution in [0, 0.1) is 0 Å². The van der Waals surface area contributed by atoms with Gasteiger partial charge in [0.1, 0.15) is 6.61 Å². The number of aliphatic hydroxyl groups excluding tert-OH is 1. The number of carboxylic acid groups (broad SMARTS) is 1. The predicted octanol–water partition coefficient (Wildman–Crippen LogP) is -1.54. The summed E-state index contributed by atoms with van der Waals surface area (Å²) in [7, 11) is 0. The fraction of sp³-hybridized carbons (Fsp3) is 0.364. The summed E-state index contributed by atoms with van der Waals surface area (Å²) in [5, 5.41) is 19.4. The Labute approximate surface area is 93.0 Å². The van der Waals surface area contributed by atoms with Crippen molar-refractivity contribution in [1.82, 2.24) is 0 Å². The first kappa shape index (κ1) is 12.3. The molecule has 0 saturated heterocycles. The number of Topliss-reactive ketones (excluding diaryl/α,β-unsaturated/α-hetero) is 1. The summed E-state index contributed by atoms with van der Waals surface area (Å²) in [6.45, 7) is 1.51. The van der Waals surface area contributed by atoms with Gasteiger partial charge in [0.25, 0.3) is 5.69 Å². The van der Waals surface area contributed by atoms with Crippen LogP contribution in [-0.2, 0) is 17.8 Å². The number of hydrogen-bond acceptors (Lipinski definition) is 4. The van der Waals surface area contributed by atoms with Crippen molar-refractivity contribution in [1.29, 1.82) is 0 Å². The SMILES string of the molecule is CC(=O)c1c(CC(=O)[O-])ccc[n+]1CCO. The van der Waals surface area contributed by atoms with Crippen LogP contribution in [0.25, 0.3) is 0 Å². The summed E-state index contributed by atoms with van der Waals surface area (Å²) in [6.07, 6.45) is 1.33. The van der Waals surface area contributed by atoms with Gasteiger partial charge in [-0.15, -0.1) is 0 Å². The molecule has 1 N–H and O–H groups in total. The third-order valence-electron chi connectivity index (χ3n) is 2.16. The molecule has 0 unspecified atom stereocenters. The Balaban J connectivity index is 3.21. The summed E-state index contributed by atoms with van der Waals surface area (Å²) in [6, 6.07) is 3.21. The number of nitrogens with zero attached hydrogens (tertiary/aromatic N) is 1. The molecule has 0 aromatic carbocycles. The number of pyridine rings is 1. The van der Waals surface area contributed by atoms with E-state index in [2.05, 4.69) is 0 Å². The van der Waals surface area contributed by atoms with Crippen LogP contribution in [0.2, 0.25) is 0 Å². The van der Waals surface area contributed by atoms with Crippen molar-refractivity contribution in [3.8, 4) is 0 Å². The van der Waals surface area contributed by atoms with Crippen LogP contribution < -0.4 is 9.67 Å². The van der Waals surface area contributed by atoms with Gasteiger partial charge in [-0.3, -0.25) is 4.79 Å². The molecule has 0 fully saturated rings. The lowest BCUT2D eigenvalue weighted by Crippen LogP contribution is -2.43. The zero-order valence-corrected chi connectivity index (χ0v) is 8.97. The highest BCUT2D eigenvalue weighted by atomic mass is 16.4. The second kappa shape index (κ2) is 5.37. The van der Waals surface area contributed by atoms with Crippen molar-refractivity contribution in [3.05, 3.63) is 29.6 Å². The first-order valence-electron chi connectivity index (χ1n) is 4.89. The van der Waals surface area contributed by atoms with E-state index in [1.54, 1.807) is 22.9 Å². The maximum absolute atomic E-state index is 11.4. The van der Waals surface area contributed by atoms with Crippen LogP contribution in [0.3, 0.4) is 0 Å².